The molecule has 0 saturated carbocycles. The van der Waals surface area contributed by atoms with E-state index >= 15 is 0 Å². The van der Waals surface area contributed by atoms with Gasteiger partial charge in [-0.3, -0.25) is 0 Å². The molecule has 20 heavy (non-hydrogen) atoms. The second-order valence-electron chi connectivity index (χ2n) is 4.27. The number of nitrogen functional groups attached to an aromatic ring is 1. The molecule has 0 saturated heterocycles. The molecule has 0 spiro atoms. The van der Waals surface area contributed by atoms with Crippen LogP contribution in [0.4, 0.5) is 5.69 Å². The average molecular weight is 292 g/mol. The Balaban J connectivity index is 2.07. The van der Waals surface area contributed by atoms with E-state index in [1.807, 2.05) is 18.2 Å². The van der Waals surface area contributed by atoms with Crippen molar-refractivity contribution in [3.05, 3.63) is 64.2 Å². The van der Waals surface area contributed by atoms with Crippen LogP contribution in [-0.2, 0) is 18.0 Å². The van der Waals surface area contributed by atoms with Gasteiger partial charge in [-0.1, -0.05) is 41.9 Å². The van der Waals surface area contributed by atoms with E-state index in [2.05, 4.69) is 0 Å². The number of carboxylic acids is 1. The van der Waals surface area contributed by atoms with Crippen molar-refractivity contribution in [1.82, 2.24) is 0 Å². The van der Waals surface area contributed by atoms with Gasteiger partial charge in [0, 0.05) is 10.7 Å². The van der Waals surface area contributed by atoms with Gasteiger partial charge in [-0.2, -0.15) is 0 Å². The molecule has 2 aromatic rings. The Morgan fingerprint density at radius 1 is 1.10 bits per heavy atom. The summed E-state index contributed by atoms with van der Waals surface area (Å²) in [5, 5.41) is 9.77. The molecular formula is C15H14ClNO3. The highest BCUT2D eigenvalue weighted by Crippen LogP contribution is 2.20. The molecule has 4 nitrogen and oxygen atoms in total. The third-order valence-corrected chi connectivity index (χ3v) is 3.24. The van der Waals surface area contributed by atoms with Gasteiger partial charge in [0.15, 0.2) is 0 Å². The maximum Gasteiger partial charge on any atom is 0.338 e. The Kier molecular flexibility index (Phi) is 4.61. The van der Waals surface area contributed by atoms with Crippen LogP contribution < -0.4 is 5.73 Å². The minimum Gasteiger partial charge on any atom is -0.478 e. The molecule has 0 aliphatic carbocycles. The summed E-state index contributed by atoms with van der Waals surface area (Å²) in [6.07, 6.45) is 0. The third-order valence-electron chi connectivity index (χ3n) is 2.87. The van der Waals surface area contributed by atoms with Crippen molar-refractivity contribution in [2.24, 2.45) is 0 Å². The Hall–Kier alpha value is -2.04. The molecule has 104 valence electrons. The lowest BCUT2D eigenvalue weighted by atomic mass is 10.1. The predicted molar refractivity (Wildman–Crippen MR) is 77.8 cm³/mol. The van der Waals surface area contributed by atoms with E-state index < -0.39 is 5.97 Å². The van der Waals surface area contributed by atoms with Crippen molar-refractivity contribution in [3.63, 3.8) is 0 Å². The van der Waals surface area contributed by atoms with Gasteiger partial charge in [0.1, 0.15) is 0 Å². The van der Waals surface area contributed by atoms with E-state index in [0.29, 0.717) is 17.2 Å². The second-order valence-corrected chi connectivity index (χ2v) is 4.68. The highest BCUT2D eigenvalue weighted by Gasteiger charge is 2.13. The summed E-state index contributed by atoms with van der Waals surface area (Å²) < 4.78 is 5.53. The first kappa shape index (κ1) is 14.4. The highest BCUT2D eigenvalue weighted by molar-refractivity contribution is 6.31. The monoisotopic (exact) mass is 291 g/mol. The van der Waals surface area contributed by atoms with Crippen molar-refractivity contribution < 1.29 is 14.6 Å². The number of carboxylic acid groups (broad SMARTS) is 1. The molecule has 0 fully saturated rings. The molecule has 0 unspecified atom stereocenters. The zero-order valence-electron chi connectivity index (χ0n) is 10.7. The summed E-state index contributed by atoms with van der Waals surface area (Å²) in [5.74, 6) is -1.06. The van der Waals surface area contributed by atoms with Gasteiger partial charge >= 0.3 is 5.97 Å². The fraction of sp³-hybridized carbons (Fsp3) is 0.133. The normalized spacial score (nSPS) is 10.4. The highest BCUT2D eigenvalue weighted by atomic mass is 35.5. The summed E-state index contributed by atoms with van der Waals surface area (Å²) in [6, 6.07) is 12.3. The summed E-state index contributed by atoms with van der Waals surface area (Å²) >= 11 is 6.02. The van der Waals surface area contributed by atoms with Gasteiger partial charge in [-0.05, 0) is 23.3 Å². The van der Waals surface area contributed by atoms with E-state index in [4.69, 9.17) is 27.2 Å². The van der Waals surface area contributed by atoms with E-state index in [-0.39, 0.29) is 17.9 Å². The van der Waals surface area contributed by atoms with Crippen LogP contribution in [0.1, 0.15) is 21.5 Å². The summed E-state index contributed by atoms with van der Waals surface area (Å²) in [6.45, 7) is 0.478. The first-order valence-electron chi connectivity index (χ1n) is 6.01. The Morgan fingerprint density at radius 2 is 1.75 bits per heavy atom. The molecule has 3 N–H and O–H groups in total. The Labute approximate surface area is 121 Å². The van der Waals surface area contributed by atoms with Gasteiger partial charge in [-0.25, -0.2) is 4.79 Å². The zero-order chi connectivity index (χ0) is 14.5. The first-order chi connectivity index (χ1) is 9.59. The van der Waals surface area contributed by atoms with Crippen molar-refractivity contribution in [2.75, 3.05) is 5.73 Å². The molecule has 0 radical (unpaired) electrons. The van der Waals surface area contributed by atoms with Crippen LogP contribution in [-0.4, -0.2) is 11.1 Å². The number of anilines is 1. The van der Waals surface area contributed by atoms with Crippen molar-refractivity contribution >= 4 is 23.3 Å². The van der Waals surface area contributed by atoms with Crippen molar-refractivity contribution in [3.8, 4) is 0 Å². The van der Waals surface area contributed by atoms with Crippen molar-refractivity contribution in [1.29, 1.82) is 0 Å². The lowest BCUT2D eigenvalue weighted by Crippen LogP contribution is -2.08. The molecule has 0 aromatic heterocycles. The predicted octanol–water partition coefficient (Wildman–Crippen LogP) is 3.34. The van der Waals surface area contributed by atoms with Crippen LogP contribution in [0.5, 0.6) is 0 Å². The molecule has 2 aromatic carbocycles. The molecule has 0 amide bonds. The molecule has 0 heterocycles. The zero-order valence-corrected chi connectivity index (χ0v) is 11.4. The Morgan fingerprint density at radius 3 is 2.45 bits per heavy atom. The molecule has 0 bridgehead atoms. The molecule has 0 aliphatic rings. The molecule has 0 aliphatic heterocycles. The maximum atomic E-state index is 11.2. The quantitative estimate of drug-likeness (QED) is 0.829. The number of hydrogen-bond donors (Lipinski definition) is 2. The van der Waals surface area contributed by atoms with E-state index in [1.165, 1.54) is 0 Å². The van der Waals surface area contributed by atoms with Crippen LogP contribution in [0.15, 0.2) is 42.5 Å². The molecule has 5 heteroatoms. The minimum atomic E-state index is -1.06. The average Bonchev–Trinajstić information content (AvgIpc) is 2.40. The van der Waals surface area contributed by atoms with E-state index in [0.717, 1.165) is 5.56 Å². The first-order valence-corrected chi connectivity index (χ1v) is 6.39. The molecular weight excluding hydrogens is 278 g/mol. The van der Waals surface area contributed by atoms with E-state index in [9.17, 15) is 4.79 Å². The van der Waals surface area contributed by atoms with Crippen LogP contribution in [0.25, 0.3) is 0 Å². The second kappa shape index (κ2) is 6.41. The summed E-state index contributed by atoms with van der Waals surface area (Å²) in [7, 11) is 0. The van der Waals surface area contributed by atoms with Crippen LogP contribution in [0, 0.1) is 0 Å². The lowest BCUT2D eigenvalue weighted by molar-refractivity contribution is 0.0685. The van der Waals surface area contributed by atoms with Gasteiger partial charge in [-0.15, -0.1) is 0 Å². The van der Waals surface area contributed by atoms with Gasteiger partial charge in [0.25, 0.3) is 0 Å². The number of aromatic carboxylic acids is 1. The fourth-order valence-electron chi connectivity index (χ4n) is 1.89. The van der Waals surface area contributed by atoms with E-state index in [1.54, 1.807) is 24.3 Å². The largest absolute Gasteiger partial charge is 0.478 e. The topological polar surface area (TPSA) is 72.5 Å². The number of nitrogens with two attached hydrogens (primary N) is 1. The number of benzene rings is 2. The van der Waals surface area contributed by atoms with Gasteiger partial charge < -0.3 is 15.6 Å². The number of carbonyl (C=O) groups is 1. The van der Waals surface area contributed by atoms with Crippen LogP contribution in [0.3, 0.4) is 0 Å². The summed E-state index contributed by atoms with van der Waals surface area (Å²) in [4.78, 5) is 11.2. The number of hydrogen-bond acceptors (Lipinski definition) is 3. The molecule has 0 atom stereocenters. The summed E-state index contributed by atoms with van der Waals surface area (Å²) in [5.41, 5.74) is 7.40. The molecule has 2 rings (SSSR count). The number of rotatable bonds is 5. The SMILES string of the molecule is Nc1cccc(COCc2ccccc2Cl)c1C(=O)O. The third kappa shape index (κ3) is 3.29. The van der Waals surface area contributed by atoms with Crippen molar-refractivity contribution in [2.45, 2.75) is 13.2 Å². The van der Waals surface area contributed by atoms with Crippen LogP contribution >= 0.6 is 11.6 Å². The minimum absolute atomic E-state index is 0.0895. The standard InChI is InChI=1S/C15H14ClNO3/c16-12-6-2-1-4-10(12)8-20-9-11-5-3-7-13(17)14(11)15(18)19/h1-7H,8-9,17H2,(H,18,19). The fourth-order valence-corrected chi connectivity index (χ4v) is 2.08. The number of ether oxygens (including phenoxy) is 1. The van der Waals surface area contributed by atoms with Crippen LogP contribution in [0.2, 0.25) is 5.02 Å². The maximum absolute atomic E-state index is 11.2. The lowest BCUT2D eigenvalue weighted by Gasteiger charge is -2.10. The van der Waals surface area contributed by atoms with Gasteiger partial charge in [0.2, 0.25) is 0 Å². The number of halogens is 1. The van der Waals surface area contributed by atoms with Gasteiger partial charge in [0.05, 0.1) is 18.8 Å². The smallest absolute Gasteiger partial charge is 0.338 e. The Bertz CT molecular complexity index is 628.